The lowest BCUT2D eigenvalue weighted by Gasteiger charge is -2.08. The molecule has 2 aromatic carbocycles. The summed E-state index contributed by atoms with van der Waals surface area (Å²) in [6.45, 7) is 2.56. The topological polar surface area (TPSA) is 76.1 Å². The van der Waals surface area contributed by atoms with Crippen LogP contribution in [0.5, 0.6) is 5.75 Å². The van der Waals surface area contributed by atoms with Crippen molar-refractivity contribution in [1.29, 1.82) is 0 Å². The Balaban J connectivity index is 1.62. The van der Waals surface area contributed by atoms with Gasteiger partial charge in [-0.05, 0) is 55.5 Å². The Kier molecular flexibility index (Phi) is 5.66. The van der Waals surface area contributed by atoms with Crippen LogP contribution in [0.25, 0.3) is 0 Å². The molecule has 1 amide bonds. The summed E-state index contributed by atoms with van der Waals surface area (Å²) in [7, 11) is 0. The van der Waals surface area contributed by atoms with Crippen LogP contribution in [0.4, 0.5) is 17.2 Å². The van der Waals surface area contributed by atoms with Crippen molar-refractivity contribution in [3.8, 4) is 5.75 Å². The first-order valence-electron chi connectivity index (χ1n) is 8.03. The summed E-state index contributed by atoms with van der Waals surface area (Å²) in [6.07, 6.45) is 2.93. The summed E-state index contributed by atoms with van der Waals surface area (Å²) < 4.78 is 5.40. The molecule has 132 valence electrons. The monoisotopic (exact) mass is 368 g/mol. The van der Waals surface area contributed by atoms with E-state index in [4.69, 9.17) is 16.3 Å². The highest BCUT2D eigenvalue weighted by Gasteiger charge is 2.08. The lowest BCUT2D eigenvalue weighted by molar-refractivity contribution is 0.102. The van der Waals surface area contributed by atoms with Gasteiger partial charge in [0.05, 0.1) is 19.0 Å². The molecule has 0 fully saturated rings. The molecule has 0 saturated carbocycles. The van der Waals surface area contributed by atoms with Gasteiger partial charge in [0.1, 0.15) is 17.3 Å². The van der Waals surface area contributed by atoms with Crippen molar-refractivity contribution >= 4 is 34.7 Å². The van der Waals surface area contributed by atoms with Gasteiger partial charge in [0.25, 0.3) is 5.91 Å². The van der Waals surface area contributed by atoms with Crippen LogP contribution in [-0.2, 0) is 0 Å². The molecule has 0 unspecified atom stereocenters. The first kappa shape index (κ1) is 17.7. The first-order chi connectivity index (χ1) is 12.6. The molecule has 7 heteroatoms. The van der Waals surface area contributed by atoms with Gasteiger partial charge >= 0.3 is 0 Å². The quantitative estimate of drug-likeness (QED) is 0.668. The summed E-state index contributed by atoms with van der Waals surface area (Å²) in [5, 5.41) is 6.46. The summed E-state index contributed by atoms with van der Waals surface area (Å²) in [6, 6.07) is 14.3. The van der Waals surface area contributed by atoms with Crippen LogP contribution in [-0.4, -0.2) is 22.5 Å². The van der Waals surface area contributed by atoms with Gasteiger partial charge in [0.2, 0.25) is 0 Å². The van der Waals surface area contributed by atoms with Crippen molar-refractivity contribution in [2.45, 2.75) is 6.92 Å². The minimum Gasteiger partial charge on any atom is -0.494 e. The third-order valence-electron chi connectivity index (χ3n) is 3.42. The lowest BCUT2D eigenvalue weighted by Crippen LogP contribution is -2.14. The normalized spacial score (nSPS) is 10.2. The Labute approximate surface area is 156 Å². The van der Waals surface area contributed by atoms with Crippen molar-refractivity contribution in [2.24, 2.45) is 0 Å². The Bertz CT molecular complexity index is 866. The molecule has 0 aliphatic carbocycles. The summed E-state index contributed by atoms with van der Waals surface area (Å²) in [5.74, 6) is 1.00. The average Bonchev–Trinajstić information content (AvgIpc) is 2.66. The molecule has 0 aliphatic rings. The summed E-state index contributed by atoms with van der Waals surface area (Å²) in [4.78, 5) is 20.6. The van der Waals surface area contributed by atoms with Crippen molar-refractivity contribution in [3.63, 3.8) is 0 Å². The zero-order valence-corrected chi connectivity index (χ0v) is 14.8. The number of benzene rings is 2. The highest BCUT2D eigenvalue weighted by Crippen LogP contribution is 2.19. The number of carbonyl (C=O) groups excluding carboxylic acids is 1. The Morgan fingerprint density at radius 3 is 2.31 bits per heavy atom. The van der Waals surface area contributed by atoms with Crippen LogP contribution in [0.2, 0.25) is 5.02 Å². The van der Waals surface area contributed by atoms with Crippen LogP contribution >= 0.6 is 11.6 Å². The maximum Gasteiger partial charge on any atom is 0.275 e. The highest BCUT2D eigenvalue weighted by molar-refractivity contribution is 6.30. The van der Waals surface area contributed by atoms with Gasteiger partial charge < -0.3 is 15.4 Å². The van der Waals surface area contributed by atoms with E-state index in [1.807, 2.05) is 31.2 Å². The van der Waals surface area contributed by atoms with Crippen molar-refractivity contribution < 1.29 is 9.53 Å². The Hall–Kier alpha value is -3.12. The van der Waals surface area contributed by atoms with Crippen molar-refractivity contribution in [3.05, 3.63) is 71.6 Å². The number of nitrogens with zero attached hydrogens (tertiary/aromatic N) is 2. The van der Waals surface area contributed by atoms with Gasteiger partial charge in [0, 0.05) is 16.4 Å². The second kappa shape index (κ2) is 8.31. The second-order valence-electron chi connectivity index (χ2n) is 5.33. The maximum absolute atomic E-state index is 12.2. The van der Waals surface area contributed by atoms with Gasteiger partial charge in [-0.15, -0.1) is 0 Å². The second-order valence-corrected chi connectivity index (χ2v) is 5.77. The molecule has 3 rings (SSSR count). The van der Waals surface area contributed by atoms with E-state index < -0.39 is 0 Å². The number of carbonyl (C=O) groups is 1. The molecule has 0 aliphatic heterocycles. The van der Waals surface area contributed by atoms with E-state index in [0.717, 1.165) is 11.4 Å². The number of nitrogens with one attached hydrogen (secondary N) is 2. The van der Waals surface area contributed by atoms with Crippen LogP contribution in [0.15, 0.2) is 60.9 Å². The first-order valence-corrected chi connectivity index (χ1v) is 8.40. The number of anilines is 3. The van der Waals surface area contributed by atoms with E-state index in [-0.39, 0.29) is 11.6 Å². The molecule has 6 nitrogen and oxygen atoms in total. The molecule has 0 atom stereocenters. The van der Waals surface area contributed by atoms with Gasteiger partial charge in [0.15, 0.2) is 0 Å². The van der Waals surface area contributed by atoms with Crippen LogP contribution < -0.4 is 15.4 Å². The fraction of sp³-hybridized carbons (Fsp3) is 0.105. The molecule has 3 aromatic rings. The standard InChI is InChI=1S/C19H17ClN4O2/c1-2-26-16-9-7-14(8-10-16)23-18-12-21-17(11-22-18)19(25)24-15-5-3-13(20)4-6-15/h3-12H,2H2,1H3,(H,22,23)(H,24,25). The van der Waals surface area contributed by atoms with Gasteiger partial charge in [-0.2, -0.15) is 0 Å². The predicted octanol–water partition coefficient (Wildman–Crippen LogP) is 4.52. The Morgan fingerprint density at radius 1 is 1.00 bits per heavy atom. The number of hydrogen-bond donors (Lipinski definition) is 2. The van der Waals surface area contributed by atoms with E-state index in [2.05, 4.69) is 20.6 Å². The number of hydrogen-bond acceptors (Lipinski definition) is 5. The third-order valence-corrected chi connectivity index (χ3v) is 3.68. The number of amides is 1. The van der Waals surface area contributed by atoms with E-state index in [1.54, 1.807) is 24.3 Å². The summed E-state index contributed by atoms with van der Waals surface area (Å²) in [5.41, 5.74) is 1.70. The number of rotatable bonds is 6. The molecule has 0 radical (unpaired) electrons. The number of aromatic nitrogens is 2. The fourth-order valence-electron chi connectivity index (χ4n) is 2.19. The predicted molar refractivity (Wildman–Crippen MR) is 102 cm³/mol. The third kappa shape index (κ3) is 4.70. The van der Waals surface area contributed by atoms with E-state index in [1.165, 1.54) is 12.4 Å². The smallest absolute Gasteiger partial charge is 0.275 e. The highest BCUT2D eigenvalue weighted by atomic mass is 35.5. The zero-order valence-electron chi connectivity index (χ0n) is 14.1. The van der Waals surface area contributed by atoms with Crippen LogP contribution in [0.3, 0.4) is 0 Å². The molecule has 0 spiro atoms. The van der Waals surface area contributed by atoms with E-state index in [0.29, 0.717) is 23.1 Å². The lowest BCUT2D eigenvalue weighted by atomic mass is 10.3. The Morgan fingerprint density at radius 2 is 1.69 bits per heavy atom. The van der Waals surface area contributed by atoms with Crippen molar-refractivity contribution in [1.82, 2.24) is 9.97 Å². The van der Waals surface area contributed by atoms with Crippen LogP contribution in [0.1, 0.15) is 17.4 Å². The van der Waals surface area contributed by atoms with Gasteiger partial charge in [-0.25, -0.2) is 9.97 Å². The van der Waals surface area contributed by atoms with E-state index in [9.17, 15) is 4.79 Å². The largest absolute Gasteiger partial charge is 0.494 e. The molecule has 2 N–H and O–H groups in total. The molecule has 1 heterocycles. The molecule has 0 saturated heterocycles. The van der Waals surface area contributed by atoms with E-state index >= 15 is 0 Å². The number of halogens is 1. The summed E-state index contributed by atoms with van der Waals surface area (Å²) >= 11 is 5.82. The molecule has 0 bridgehead atoms. The average molecular weight is 369 g/mol. The SMILES string of the molecule is CCOc1ccc(Nc2cnc(C(=O)Nc3ccc(Cl)cc3)cn2)cc1. The fourth-order valence-corrected chi connectivity index (χ4v) is 2.31. The van der Waals surface area contributed by atoms with Crippen LogP contribution in [0, 0.1) is 0 Å². The molecule has 1 aromatic heterocycles. The maximum atomic E-state index is 12.2. The van der Waals surface area contributed by atoms with Gasteiger partial charge in [-0.3, -0.25) is 4.79 Å². The zero-order chi connectivity index (χ0) is 18.4. The van der Waals surface area contributed by atoms with Crippen molar-refractivity contribution in [2.75, 3.05) is 17.2 Å². The van der Waals surface area contributed by atoms with Gasteiger partial charge in [-0.1, -0.05) is 11.6 Å². The number of ether oxygens (including phenoxy) is 1. The minimum absolute atomic E-state index is 0.220. The molecule has 26 heavy (non-hydrogen) atoms. The molecular formula is C19H17ClN4O2. The molecular weight excluding hydrogens is 352 g/mol. The minimum atomic E-state index is -0.340.